The van der Waals surface area contributed by atoms with Gasteiger partial charge in [-0.15, -0.1) is 0 Å². The SMILES string of the molecule is CN(Cc1ccccc1O)C(=O)NCc1cccc(C(N)=O)c1. The molecule has 0 spiro atoms. The molecule has 0 fully saturated rings. The summed E-state index contributed by atoms with van der Waals surface area (Å²) in [7, 11) is 1.64. The van der Waals surface area contributed by atoms with Crippen molar-refractivity contribution >= 4 is 11.9 Å². The summed E-state index contributed by atoms with van der Waals surface area (Å²) in [6.45, 7) is 0.574. The van der Waals surface area contributed by atoms with Crippen LogP contribution in [-0.2, 0) is 13.1 Å². The lowest BCUT2D eigenvalue weighted by Crippen LogP contribution is -2.36. The van der Waals surface area contributed by atoms with Crippen LogP contribution < -0.4 is 11.1 Å². The third kappa shape index (κ3) is 4.47. The van der Waals surface area contributed by atoms with Crippen molar-refractivity contribution in [1.29, 1.82) is 0 Å². The Morgan fingerprint density at radius 2 is 1.91 bits per heavy atom. The lowest BCUT2D eigenvalue weighted by atomic mass is 10.1. The van der Waals surface area contributed by atoms with Crippen molar-refractivity contribution in [2.24, 2.45) is 5.73 Å². The highest BCUT2D eigenvalue weighted by atomic mass is 16.3. The molecular weight excluding hydrogens is 294 g/mol. The molecule has 0 radical (unpaired) electrons. The van der Waals surface area contributed by atoms with Gasteiger partial charge in [0, 0.05) is 24.7 Å². The molecule has 0 saturated heterocycles. The van der Waals surface area contributed by atoms with E-state index in [0.717, 1.165) is 5.56 Å². The van der Waals surface area contributed by atoms with Crippen molar-refractivity contribution in [3.63, 3.8) is 0 Å². The number of nitrogens with two attached hydrogens (primary N) is 1. The van der Waals surface area contributed by atoms with Crippen molar-refractivity contribution in [1.82, 2.24) is 10.2 Å². The van der Waals surface area contributed by atoms with E-state index in [9.17, 15) is 14.7 Å². The van der Waals surface area contributed by atoms with Crippen molar-refractivity contribution in [2.75, 3.05) is 7.05 Å². The van der Waals surface area contributed by atoms with E-state index in [1.165, 1.54) is 4.90 Å². The maximum Gasteiger partial charge on any atom is 0.317 e. The number of carbonyl (C=O) groups is 2. The highest BCUT2D eigenvalue weighted by Crippen LogP contribution is 2.17. The van der Waals surface area contributed by atoms with Gasteiger partial charge in [-0.2, -0.15) is 0 Å². The first-order valence-corrected chi connectivity index (χ1v) is 7.12. The number of primary amides is 1. The third-order valence-corrected chi connectivity index (χ3v) is 3.40. The predicted molar refractivity (Wildman–Crippen MR) is 86.8 cm³/mol. The first kappa shape index (κ1) is 16.4. The maximum absolute atomic E-state index is 12.1. The summed E-state index contributed by atoms with van der Waals surface area (Å²) >= 11 is 0. The molecule has 23 heavy (non-hydrogen) atoms. The van der Waals surface area contributed by atoms with Crippen LogP contribution in [0.15, 0.2) is 48.5 Å². The van der Waals surface area contributed by atoms with Crippen LogP contribution in [0.1, 0.15) is 21.5 Å². The second-order valence-corrected chi connectivity index (χ2v) is 5.21. The number of hydrogen-bond acceptors (Lipinski definition) is 3. The van der Waals surface area contributed by atoms with Gasteiger partial charge in [-0.1, -0.05) is 30.3 Å². The van der Waals surface area contributed by atoms with Gasteiger partial charge in [-0.25, -0.2) is 4.79 Å². The Morgan fingerprint density at radius 1 is 1.17 bits per heavy atom. The predicted octanol–water partition coefficient (Wildman–Crippen LogP) is 1.83. The molecule has 120 valence electrons. The lowest BCUT2D eigenvalue weighted by Gasteiger charge is -2.18. The minimum atomic E-state index is -0.505. The number of para-hydroxylation sites is 1. The molecule has 2 aromatic carbocycles. The van der Waals surface area contributed by atoms with Gasteiger partial charge in [0.1, 0.15) is 5.75 Å². The van der Waals surface area contributed by atoms with Crippen LogP contribution in [0, 0.1) is 0 Å². The van der Waals surface area contributed by atoms with Gasteiger partial charge in [0.2, 0.25) is 5.91 Å². The molecule has 2 aromatic rings. The van der Waals surface area contributed by atoms with Gasteiger partial charge >= 0.3 is 6.03 Å². The van der Waals surface area contributed by atoms with E-state index in [1.807, 2.05) is 0 Å². The summed E-state index contributed by atoms with van der Waals surface area (Å²) in [6.07, 6.45) is 0. The number of hydrogen-bond donors (Lipinski definition) is 3. The zero-order valence-corrected chi connectivity index (χ0v) is 12.8. The fraction of sp³-hybridized carbons (Fsp3) is 0.176. The normalized spacial score (nSPS) is 10.1. The second-order valence-electron chi connectivity index (χ2n) is 5.21. The molecule has 0 bridgehead atoms. The molecule has 3 amide bonds. The summed E-state index contributed by atoms with van der Waals surface area (Å²) in [5.41, 5.74) is 7.08. The zero-order valence-electron chi connectivity index (χ0n) is 12.8. The van der Waals surface area contributed by atoms with Gasteiger partial charge < -0.3 is 21.1 Å². The van der Waals surface area contributed by atoms with Crippen molar-refractivity contribution in [3.05, 3.63) is 65.2 Å². The summed E-state index contributed by atoms with van der Waals surface area (Å²) in [5, 5.41) is 12.5. The molecule has 6 heteroatoms. The van der Waals surface area contributed by atoms with Gasteiger partial charge in [-0.05, 0) is 23.8 Å². The quantitative estimate of drug-likeness (QED) is 0.786. The smallest absolute Gasteiger partial charge is 0.317 e. The van der Waals surface area contributed by atoms with Crippen LogP contribution in [-0.4, -0.2) is 29.0 Å². The molecule has 0 aliphatic carbocycles. The van der Waals surface area contributed by atoms with E-state index in [0.29, 0.717) is 17.7 Å². The first-order valence-electron chi connectivity index (χ1n) is 7.12. The van der Waals surface area contributed by atoms with Gasteiger partial charge in [0.15, 0.2) is 0 Å². The summed E-state index contributed by atoms with van der Waals surface area (Å²) < 4.78 is 0. The average molecular weight is 313 g/mol. The first-order chi connectivity index (χ1) is 11.0. The van der Waals surface area contributed by atoms with Crippen molar-refractivity contribution < 1.29 is 14.7 Å². The third-order valence-electron chi connectivity index (χ3n) is 3.40. The second kappa shape index (κ2) is 7.31. The molecule has 0 heterocycles. The molecule has 0 aliphatic heterocycles. The molecule has 0 aliphatic rings. The Kier molecular flexibility index (Phi) is 5.19. The van der Waals surface area contributed by atoms with Gasteiger partial charge in [0.05, 0.1) is 6.54 Å². The number of urea groups is 1. The van der Waals surface area contributed by atoms with E-state index >= 15 is 0 Å². The lowest BCUT2D eigenvalue weighted by molar-refractivity contribution is 0.1000. The zero-order chi connectivity index (χ0) is 16.8. The largest absolute Gasteiger partial charge is 0.508 e. The van der Waals surface area contributed by atoms with Crippen molar-refractivity contribution in [2.45, 2.75) is 13.1 Å². The topological polar surface area (TPSA) is 95.7 Å². The molecule has 0 atom stereocenters. The van der Waals surface area contributed by atoms with Crippen LogP contribution in [0.4, 0.5) is 4.79 Å². The number of nitrogens with one attached hydrogen (secondary N) is 1. The number of nitrogens with zero attached hydrogens (tertiary/aromatic N) is 1. The minimum absolute atomic E-state index is 0.154. The molecule has 0 aromatic heterocycles. The van der Waals surface area contributed by atoms with Crippen LogP contribution in [0.2, 0.25) is 0 Å². The van der Waals surface area contributed by atoms with E-state index in [2.05, 4.69) is 5.32 Å². The number of phenols is 1. The minimum Gasteiger partial charge on any atom is -0.508 e. The fourth-order valence-corrected chi connectivity index (χ4v) is 2.12. The highest BCUT2D eigenvalue weighted by Gasteiger charge is 2.11. The Hall–Kier alpha value is -3.02. The van der Waals surface area contributed by atoms with Crippen LogP contribution in [0.5, 0.6) is 5.75 Å². The summed E-state index contributed by atoms with van der Waals surface area (Å²) in [4.78, 5) is 24.7. The van der Waals surface area contributed by atoms with Gasteiger partial charge in [-0.3, -0.25) is 4.79 Å². The molecule has 6 nitrogen and oxygen atoms in total. The monoisotopic (exact) mass is 313 g/mol. The number of amides is 3. The average Bonchev–Trinajstić information content (AvgIpc) is 2.55. The number of benzene rings is 2. The van der Waals surface area contributed by atoms with E-state index in [-0.39, 0.29) is 18.3 Å². The molecule has 2 rings (SSSR count). The molecular formula is C17H19N3O3. The van der Waals surface area contributed by atoms with Crippen LogP contribution in [0.25, 0.3) is 0 Å². The van der Waals surface area contributed by atoms with Crippen LogP contribution >= 0.6 is 0 Å². The Balaban J connectivity index is 1.93. The summed E-state index contributed by atoms with van der Waals surface area (Å²) in [6, 6.07) is 13.4. The van der Waals surface area contributed by atoms with Crippen molar-refractivity contribution in [3.8, 4) is 5.75 Å². The Labute approximate surface area is 134 Å². The molecule has 0 unspecified atom stereocenters. The Bertz CT molecular complexity index is 716. The summed E-state index contributed by atoms with van der Waals surface area (Å²) in [5.74, 6) is -0.351. The highest BCUT2D eigenvalue weighted by molar-refractivity contribution is 5.92. The number of aromatic hydroxyl groups is 1. The van der Waals surface area contributed by atoms with Crippen LogP contribution in [0.3, 0.4) is 0 Å². The van der Waals surface area contributed by atoms with E-state index in [1.54, 1.807) is 55.6 Å². The number of rotatable bonds is 5. The maximum atomic E-state index is 12.1. The standard InChI is InChI=1S/C17H19N3O3/c1-20(11-14-6-2-3-8-15(14)21)17(23)19-10-12-5-4-7-13(9-12)16(18)22/h2-9,21H,10-11H2,1H3,(H2,18,22)(H,19,23). The number of carbonyl (C=O) groups excluding carboxylic acids is 2. The fourth-order valence-electron chi connectivity index (χ4n) is 2.12. The number of phenolic OH excluding ortho intramolecular Hbond substituents is 1. The van der Waals surface area contributed by atoms with E-state index < -0.39 is 5.91 Å². The van der Waals surface area contributed by atoms with Gasteiger partial charge in [0.25, 0.3) is 0 Å². The molecule has 4 N–H and O–H groups in total. The van der Waals surface area contributed by atoms with E-state index in [4.69, 9.17) is 5.73 Å². The molecule has 0 saturated carbocycles. The Morgan fingerprint density at radius 3 is 2.61 bits per heavy atom.